The van der Waals surface area contributed by atoms with Gasteiger partial charge >= 0.3 is 6.03 Å². The third-order valence-corrected chi connectivity index (χ3v) is 8.07. The van der Waals surface area contributed by atoms with Crippen molar-refractivity contribution in [2.45, 2.75) is 31.8 Å². The Morgan fingerprint density at radius 2 is 1.92 bits per heavy atom. The molecule has 6 rings (SSSR count). The summed E-state index contributed by atoms with van der Waals surface area (Å²) in [5.41, 5.74) is 10.4. The number of nitrogens with two attached hydrogens (primary N) is 1. The number of anilines is 2. The molecule has 36 heavy (non-hydrogen) atoms. The van der Waals surface area contributed by atoms with Gasteiger partial charge < -0.3 is 25.8 Å². The third kappa shape index (κ3) is 4.82. The molecule has 2 aliphatic carbocycles. The summed E-state index contributed by atoms with van der Waals surface area (Å²) in [6.45, 7) is 5.23. The molecule has 1 aromatic carbocycles. The normalized spacial score (nSPS) is 25.5. The minimum Gasteiger partial charge on any atom is -0.368 e. The largest absolute Gasteiger partial charge is 0.368 e. The second kappa shape index (κ2) is 9.58. The van der Waals surface area contributed by atoms with Gasteiger partial charge in [-0.05, 0) is 55.3 Å². The maximum Gasteiger partial charge on any atom is 0.317 e. The van der Waals surface area contributed by atoms with E-state index in [4.69, 9.17) is 5.73 Å². The van der Waals surface area contributed by atoms with Gasteiger partial charge in [0.1, 0.15) is 5.82 Å². The molecule has 3 N–H and O–H groups in total. The molecular weight excluding hydrogens is 450 g/mol. The zero-order chi connectivity index (χ0) is 24.6. The number of carbonyl (C=O) groups is 1. The number of fused-ring (bicyclic) bond motifs is 1. The highest BCUT2D eigenvalue weighted by atomic mass is 16.2. The lowest BCUT2D eigenvalue weighted by atomic mass is 9.95. The van der Waals surface area contributed by atoms with Crippen molar-refractivity contribution in [3.63, 3.8) is 0 Å². The number of amides is 2. The molecule has 2 fully saturated rings. The van der Waals surface area contributed by atoms with E-state index < -0.39 is 0 Å². The van der Waals surface area contributed by atoms with E-state index in [0.29, 0.717) is 30.4 Å². The molecule has 1 unspecified atom stereocenters. The molecule has 0 spiro atoms. The van der Waals surface area contributed by atoms with E-state index in [0.717, 1.165) is 69.1 Å². The van der Waals surface area contributed by atoms with Gasteiger partial charge in [-0.2, -0.15) is 4.98 Å². The standard InChI is InChI=1S/C28H35N7O/c1-33-11-13-34(14-12-33)26-17-24(30-27(29)32-26)21-8-7-19-9-10-35(18-22(19)15-21)28(36)31-25-16-23(25)20-5-3-2-4-6-20/h2-5,7-8,15,17,20,23,25H,6,9-14,16,18H2,1H3,(H,31,36)(H2,29,30,32)/t20?,23-,25+/m1/s1. The van der Waals surface area contributed by atoms with Crippen molar-refractivity contribution >= 4 is 17.8 Å². The number of aromatic nitrogens is 2. The Morgan fingerprint density at radius 1 is 1.06 bits per heavy atom. The van der Waals surface area contributed by atoms with E-state index in [2.05, 4.69) is 74.6 Å². The predicted molar refractivity (Wildman–Crippen MR) is 143 cm³/mol. The molecule has 0 bridgehead atoms. The Kier molecular flexibility index (Phi) is 6.13. The van der Waals surface area contributed by atoms with E-state index in [-0.39, 0.29) is 6.03 Å². The lowest BCUT2D eigenvalue weighted by Gasteiger charge is -2.33. The molecule has 2 aliphatic heterocycles. The number of hydrogen-bond donors (Lipinski definition) is 2. The lowest BCUT2D eigenvalue weighted by Crippen LogP contribution is -2.44. The zero-order valence-electron chi connectivity index (χ0n) is 20.9. The Labute approximate surface area is 212 Å². The molecule has 4 aliphatic rings. The number of carbonyl (C=O) groups excluding carboxylic acids is 1. The maximum absolute atomic E-state index is 13.1. The van der Waals surface area contributed by atoms with Gasteiger partial charge in [0.25, 0.3) is 0 Å². The van der Waals surface area contributed by atoms with Crippen molar-refractivity contribution in [1.29, 1.82) is 0 Å². The summed E-state index contributed by atoms with van der Waals surface area (Å²) in [6, 6.07) is 8.85. The summed E-state index contributed by atoms with van der Waals surface area (Å²) in [7, 11) is 2.14. The van der Waals surface area contributed by atoms with E-state index in [1.165, 1.54) is 11.1 Å². The van der Waals surface area contributed by atoms with Gasteiger partial charge in [0.2, 0.25) is 5.95 Å². The molecule has 1 saturated heterocycles. The van der Waals surface area contributed by atoms with Crippen LogP contribution < -0.4 is 16.0 Å². The number of likely N-dealkylation sites (N-methyl/N-ethyl adjacent to an activating group) is 1. The summed E-state index contributed by atoms with van der Waals surface area (Å²) < 4.78 is 0. The lowest BCUT2D eigenvalue weighted by molar-refractivity contribution is 0.191. The van der Waals surface area contributed by atoms with Crippen LogP contribution in [0.3, 0.4) is 0 Å². The number of nitrogens with one attached hydrogen (secondary N) is 1. The van der Waals surface area contributed by atoms with Crippen molar-refractivity contribution in [1.82, 2.24) is 25.1 Å². The van der Waals surface area contributed by atoms with Crippen molar-refractivity contribution in [3.05, 3.63) is 59.7 Å². The number of nitrogens with zero attached hydrogens (tertiary/aromatic N) is 5. The summed E-state index contributed by atoms with van der Waals surface area (Å²) in [4.78, 5) is 28.7. The minimum absolute atomic E-state index is 0.0533. The highest BCUT2D eigenvalue weighted by Gasteiger charge is 2.43. The summed E-state index contributed by atoms with van der Waals surface area (Å²) in [5.74, 6) is 2.30. The number of urea groups is 1. The van der Waals surface area contributed by atoms with Gasteiger partial charge in [-0.15, -0.1) is 0 Å². The molecule has 2 amide bonds. The highest BCUT2D eigenvalue weighted by Crippen LogP contribution is 2.41. The van der Waals surface area contributed by atoms with Crippen LogP contribution in [0.5, 0.6) is 0 Å². The van der Waals surface area contributed by atoms with E-state index in [1.54, 1.807) is 0 Å². The summed E-state index contributed by atoms with van der Waals surface area (Å²) >= 11 is 0. The number of rotatable bonds is 4. The smallest absolute Gasteiger partial charge is 0.317 e. The van der Waals surface area contributed by atoms with Crippen LogP contribution in [0, 0.1) is 11.8 Å². The van der Waals surface area contributed by atoms with Gasteiger partial charge in [0.15, 0.2) is 0 Å². The van der Waals surface area contributed by atoms with Crippen molar-refractivity contribution in [2.24, 2.45) is 11.8 Å². The Balaban J connectivity index is 1.14. The van der Waals surface area contributed by atoms with Gasteiger partial charge in [0, 0.05) is 56.9 Å². The van der Waals surface area contributed by atoms with E-state index >= 15 is 0 Å². The number of allylic oxidation sites excluding steroid dienone is 4. The third-order valence-electron chi connectivity index (χ3n) is 8.07. The van der Waals surface area contributed by atoms with Crippen molar-refractivity contribution < 1.29 is 4.79 Å². The van der Waals surface area contributed by atoms with Crippen LogP contribution in [0.15, 0.2) is 48.6 Å². The second-order valence-corrected chi connectivity index (χ2v) is 10.6. The molecular formula is C28H35N7O. The maximum atomic E-state index is 13.1. The van der Waals surface area contributed by atoms with Gasteiger partial charge in [-0.1, -0.05) is 36.4 Å². The average molecular weight is 486 g/mol. The van der Waals surface area contributed by atoms with Crippen LogP contribution in [-0.2, 0) is 13.0 Å². The van der Waals surface area contributed by atoms with Crippen LogP contribution in [0.2, 0.25) is 0 Å². The molecule has 188 valence electrons. The molecule has 2 aromatic rings. The fourth-order valence-electron chi connectivity index (χ4n) is 5.71. The molecule has 8 heteroatoms. The summed E-state index contributed by atoms with van der Waals surface area (Å²) in [5, 5.41) is 3.29. The highest BCUT2D eigenvalue weighted by molar-refractivity contribution is 5.76. The van der Waals surface area contributed by atoms with Crippen LogP contribution in [0.4, 0.5) is 16.6 Å². The fourth-order valence-corrected chi connectivity index (χ4v) is 5.71. The number of benzene rings is 1. The van der Waals surface area contributed by atoms with Gasteiger partial charge in [-0.25, -0.2) is 9.78 Å². The van der Waals surface area contributed by atoms with Gasteiger partial charge in [0.05, 0.1) is 5.69 Å². The van der Waals surface area contributed by atoms with E-state index in [1.807, 2.05) is 11.0 Å². The number of hydrogen-bond acceptors (Lipinski definition) is 6. The van der Waals surface area contributed by atoms with E-state index in [9.17, 15) is 4.79 Å². The zero-order valence-corrected chi connectivity index (χ0v) is 20.9. The molecule has 1 saturated carbocycles. The van der Waals surface area contributed by atoms with Crippen LogP contribution >= 0.6 is 0 Å². The minimum atomic E-state index is 0.0533. The second-order valence-electron chi connectivity index (χ2n) is 10.6. The average Bonchev–Trinajstić information content (AvgIpc) is 3.67. The van der Waals surface area contributed by atoms with Gasteiger partial charge in [-0.3, -0.25) is 0 Å². The molecule has 3 atom stereocenters. The quantitative estimate of drug-likeness (QED) is 0.692. The molecule has 3 heterocycles. The van der Waals surface area contributed by atoms with Crippen molar-refractivity contribution in [3.8, 4) is 11.3 Å². The topological polar surface area (TPSA) is 90.6 Å². The number of nitrogen functional groups attached to an aromatic ring is 1. The Morgan fingerprint density at radius 3 is 2.72 bits per heavy atom. The SMILES string of the molecule is CN1CCN(c2cc(-c3ccc4c(c3)CN(C(=O)N[C@H]3C[C@@H]3C3C=CC=CC3)CC4)nc(N)n2)CC1. The monoisotopic (exact) mass is 485 g/mol. The molecule has 1 aromatic heterocycles. The first-order chi connectivity index (χ1) is 17.5. The predicted octanol–water partition coefficient (Wildman–Crippen LogP) is 3.07. The first-order valence-corrected chi connectivity index (χ1v) is 13.1. The van der Waals surface area contributed by atoms with Crippen LogP contribution in [0.1, 0.15) is 24.0 Å². The summed E-state index contributed by atoms with van der Waals surface area (Å²) in [6.07, 6.45) is 11.8. The number of piperazine rings is 1. The Hall–Kier alpha value is -3.39. The fraction of sp³-hybridized carbons (Fsp3) is 0.464. The molecule has 8 nitrogen and oxygen atoms in total. The van der Waals surface area contributed by atoms with Crippen molar-refractivity contribution in [2.75, 3.05) is 50.4 Å². The molecule has 0 radical (unpaired) electrons. The first kappa shape index (κ1) is 23.0. The first-order valence-electron chi connectivity index (χ1n) is 13.1. The van der Waals surface area contributed by atoms with Crippen LogP contribution in [-0.4, -0.2) is 71.6 Å². The van der Waals surface area contributed by atoms with Crippen LogP contribution in [0.25, 0.3) is 11.3 Å². The Bertz CT molecular complexity index is 1200.